The van der Waals surface area contributed by atoms with E-state index in [4.69, 9.17) is 9.63 Å². The van der Waals surface area contributed by atoms with Crippen molar-refractivity contribution in [2.45, 2.75) is 20.0 Å². The van der Waals surface area contributed by atoms with Gasteiger partial charge in [0.25, 0.3) is 0 Å². The average molecular weight is 491 g/mol. The van der Waals surface area contributed by atoms with Gasteiger partial charge in [0, 0.05) is 51.0 Å². The molecule has 0 amide bonds. The minimum atomic E-state index is -2.20. The van der Waals surface area contributed by atoms with Crippen molar-refractivity contribution in [1.29, 1.82) is 0 Å². The largest absolute Gasteiger partial charge is 0.491 e. The van der Waals surface area contributed by atoms with Gasteiger partial charge in [0.15, 0.2) is 5.75 Å². The van der Waals surface area contributed by atoms with Crippen LogP contribution in [0.1, 0.15) is 29.9 Å². The van der Waals surface area contributed by atoms with Gasteiger partial charge >= 0.3 is 0 Å². The molecule has 0 spiro atoms. The summed E-state index contributed by atoms with van der Waals surface area (Å²) in [5.41, 5.74) is 1.70. The van der Waals surface area contributed by atoms with Crippen molar-refractivity contribution in [3.8, 4) is 5.75 Å². The summed E-state index contributed by atoms with van der Waals surface area (Å²) in [7, 11) is 1.25. The van der Waals surface area contributed by atoms with Crippen molar-refractivity contribution in [2.24, 2.45) is 0 Å². The Kier molecular flexibility index (Phi) is 12.4. The molecule has 0 saturated carbocycles. The van der Waals surface area contributed by atoms with E-state index in [1.54, 1.807) is 13.0 Å². The van der Waals surface area contributed by atoms with E-state index in [9.17, 15) is 26.7 Å². The van der Waals surface area contributed by atoms with Crippen LogP contribution in [0.2, 0.25) is 0 Å². The highest BCUT2D eigenvalue weighted by Gasteiger charge is 2.26. The number of pyridine rings is 1. The molecule has 3 aromatic rings. The Labute approximate surface area is 189 Å². The van der Waals surface area contributed by atoms with Crippen LogP contribution in [0.5, 0.6) is 5.75 Å². The topological polar surface area (TPSA) is 68.7 Å². The Morgan fingerprint density at radius 3 is 2.06 bits per heavy atom. The number of aldehydes is 1. The third-order valence-corrected chi connectivity index (χ3v) is 4.81. The predicted octanol–water partition coefficient (Wildman–Crippen LogP) is 5.57. The van der Waals surface area contributed by atoms with Gasteiger partial charge in [0.2, 0.25) is 29.1 Å². The summed E-state index contributed by atoms with van der Waals surface area (Å²) >= 11 is 0. The lowest BCUT2D eigenvalue weighted by molar-refractivity contribution is 0.112. The first kappa shape index (κ1) is 28.4. The molecule has 1 N–H and O–H groups in total. The number of benzene rings is 2. The second-order valence-electron chi connectivity index (χ2n) is 6.07. The molecule has 0 saturated heterocycles. The molecule has 11 heteroatoms. The summed E-state index contributed by atoms with van der Waals surface area (Å²) in [6, 6.07) is 7.63. The molecule has 0 aliphatic rings. The van der Waals surface area contributed by atoms with E-state index in [-0.39, 0.29) is 6.61 Å². The monoisotopic (exact) mass is 491 g/mol. The molecular formula is C22H23F5NO4P. The van der Waals surface area contributed by atoms with Gasteiger partial charge < -0.3 is 14.4 Å². The fourth-order valence-corrected chi connectivity index (χ4v) is 3.01. The molecule has 2 aromatic carbocycles. The molecule has 5 nitrogen and oxygen atoms in total. The fraction of sp³-hybridized carbons (Fsp3) is 0.273. The highest BCUT2D eigenvalue weighted by Crippen LogP contribution is 2.28. The number of aliphatic hydroxyl groups excluding tert-OH is 1. The van der Waals surface area contributed by atoms with Crippen LogP contribution in [0.3, 0.4) is 0 Å². The number of carbonyl (C=O) groups excluding carboxylic acids is 1. The van der Waals surface area contributed by atoms with Crippen LogP contribution in [0.25, 0.3) is 10.8 Å². The Morgan fingerprint density at radius 2 is 1.55 bits per heavy atom. The number of ether oxygens (including phenoxy) is 1. The van der Waals surface area contributed by atoms with Crippen molar-refractivity contribution in [2.75, 3.05) is 20.3 Å². The first-order valence-electron chi connectivity index (χ1n) is 9.60. The van der Waals surface area contributed by atoms with Crippen molar-refractivity contribution >= 4 is 25.9 Å². The molecule has 1 aromatic heterocycles. The number of rotatable bonds is 6. The lowest BCUT2D eigenvalue weighted by atomic mass is 10.1. The van der Waals surface area contributed by atoms with Crippen molar-refractivity contribution in [3.05, 3.63) is 70.8 Å². The van der Waals surface area contributed by atoms with Crippen molar-refractivity contribution in [1.82, 2.24) is 4.98 Å². The third-order valence-electron chi connectivity index (χ3n) is 3.81. The summed E-state index contributed by atoms with van der Waals surface area (Å²) in [5.74, 6) is -11.5. The predicted molar refractivity (Wildman–Crippen MR) is 116 cm³/mol. The molecule has 0 bridgehead atoms. The summed E-state index contributed by atoms with van der Waals surface area (Å²) in [6.45, 7) is 4.65. The lowest BCUT2D eigenvalue weighted by Crippen LogP contribution is -2.04. The molecule has 1 unspecified atom stereocenters. The van der Waals surface area contributed by atoms with E-state index in [2.05, 4.69) is 9.72 Å². The first-order chi connectivity index (χ1) is 15.7. The number of nitrogens with zero attached hydrogens (tertiary/aromatic N) is 1. The first-order valence-corrected chi connectivity index (χ1v) is 10.7. The zero-order valence-electron chi connectivity index (χ0n) is 18.1. The molecule has 1 atom stereocenters. The number of hydrogen-bond donors (Lipinski definition) is 1. The highest BCUT2D eigenvalue weighted by atomic mass is 31.1. The van der Waals surface area contributed by atoms with E-state index in [1.165, 1.54) is 0 Å². The molecule has 0 radical (unpaired) electrons. The Bertz CT molecular complexity index is 1040. The summed E-state index contributed by atoms with van der Waals surface area (Å²) < 4.78 is 71.5. The number of halogens is 5. The number of methoxy groups -OCH3 is 1. The molecule has 3 rings (SSSR count). The Morgan fingerprint density at radius 1 is 0.970 bits per heavy atom. The summed E-state index contributed by atoms with van der Waals surface area (Å²) in [4.78, 5) is 15.1. The van der Waals surface area contributed by atoms with Crippen LogP contribution >= 0.6 is 8.81 Å². The van der Waals surface area contributed by atoms with Gasteiger partial charge in [-0.1, -0.05) is 12.1 Å². The molecule has 180 valence electrons. The van der Waals surface area contributed by atoms with E-state index in [0.717, 1.165) is 42.6 Å². The van der Waals surface area contributed by atoms with Gasteiger partial charge in [-0.3, -0.25) is 9.78 Å². The Balaban J connectivity index is 0.000000304. The normalized spacial score (nSPS) is 10.5. The molecule has 0 aliphatic carbocycles. The SMILES string of the molecule is CCO.CCOPCc1cc2cc(C=O)ccc2cn1.COc1c(F)c(F)c(F)c(F)c1F. The number of carbonyl (C=O) groups is 1. The van der Waals surface area contributed by atoms with Crippen molar-refractivity contribution < 1.29 is 41.1 Å². The maximum absolute atomic E-state index is 12.6. The van der Waals surface area contributed by atoms with Crippen LogP contribution in [0.15, 0.2) is 30.5 Å². The number of fused-ring (bicyclic) bond motifs is 1. The molecule has 1 heterocycles. The number of hydrogen-bond acceptors (Lipinski definition) is 5. The molecule has 0 fully saturated rings. The second kappa shape index (κ2) is 14.5. The molecular weight excluding hydrogens is 468 g/mol. The van der Waals surface area contributed by atoms with E-state index in [0.29, 0.717) is 14.4 Å². The number of aromatic nitrogens is 1. The number of aliphatic hydroxyl groups is 1. The van der Waals surface area contributed by atoms with Crippen LogP contribution in [-0.2, 0) is 10.7 Å². The standard InChI is InChI=1S/C13H14NO2P.C7H3F5O.C2H6O/c1-2-16-17-9-13-6-12-5-10(8-15)3-4-11(12)7-14-13;1-13-7-5(11)3(9)2(8)4(10)6(7)12;1-2-3/h3-8,17H,2,9H2,1H3;1H3;3H,2H2,1H3. The lowest BCUT2D eigenvalue weighted by Gasteiger charge is -2.05. The van der Waals surface area contributed by atoms with E-state index in [1.807, 2.05) is 31.3 Å². The van der Waals surface area contributed by atoms with Gasteiger partial charge in [0.1, 0.15) is 6.29 Å². The van der Waals surface area contributed by atoms with Crippen molar-refractivity contribution in [3.63, 3.8) is 0 Å². The molecule has 0 aliphatic heterocycles. The van der Waals surface area contributed by atoms with Gasteiger partial charge in [-0.15, -0.1) is 0 Å². The Hall–Kier alpha value is -2.68. The van der Waals surface area contributed by atoms with E-state index < -0.39 is 34.8 Å². The fourth-order valence-electron chi connectivity index (χ4n) is 2.37. The third kappa shape index (κ3) is 7.99. The zero-order chi connectivity index (χ0) is 25.0. The minimum Gasteiger partial charge on any atom is -0.491 e. The highest BCUT2D eigenvalue weighted by molar-refractivity contribution is 7.31. The van der Waals surface area contributed by atoms with Crippen LogP contribution in [0.4, 0.5) is 22.0 Å². The van der Waals surface area contributed by atoms with E-state index >= 15 is 0 Å². The van der Waals surface area contributed by atoms with Crippen LogP contribution in [0, 0.1) is 29.1 Å². The molecule has 33 heavy (non-hydrogen) atoms. The average Bonchev–Trinajstić information content (AvgIpc) is 2.82. The zero-order valence-corrected chi connectivity index (χ0v) is 19.1. The summed E-state index contributed by atoms with van der Waals surface area (Å²) in [5, 5.41) is 9.68. The quantitative estimate of drug-likeness (QED) is 0.122. The summed E-state index contributed by atoms with van der Waals surface area (Å²) in [6.07, 6.45) is 3.53. The van der Waals surface area contributed by atoms with Gasteiger partial charge in [0.05, 0.1) is 7.11 Å². The second-order valence-corrected chi connectivity index (χ2v) is 7.00. The smallest absolute Gasteiger partial charge is 0.206 e. The maximum Gasteiger partial charge on any atom is 0.206 e. The van der Waals surface area contributed by atoms with Crippen LogP contribution in [-0.4, -0.2) is 36.7 Å². The maximum atomic E-state index is 12.6. The van der Waals surface area contributed by atoms with Crippen LogP contribution < -0.4 is 4.74 Å². The van der Waals surface area contributed by atoms with Gasteiger partial charge in [-0.2, -0.15) is 8.78 Å². The minimum absolute atomic E-state index is 0.250. The van der Waals surface area contributed by atoms with Gasteiger partial charge in [-0.25, -0.2) is 13.2 Å². The van der Waals surface area contributed by atoms with Gasteiger partial charge in [-0.05, 0) is 31.4 Å².